The molecule has 0 aromatic carbocycles. The quantitative estimate of drug-likeness (QED) is 0.197. The molecule has 4 saturated carbocycles. The molecule has 10 atom stereocenters. The SMILES string of the molecule is C[C@H](CCCCCOS(=O)(=O)O)[C@H]1CC[C@H]2[C@@H]3[C@@H](OS(=O)(=O)O)C[C@@H]4C[C@H](OS(=O)(=O)O)CC[C@]4(C)[C@H]3CC[C@]12C. The first-order chi connectivity index (χ1) is 18.8. The average molecular weight is 647 g/mol. The third kappa shape index (κ3) is 7.83. The first kappa shape index (κ1) is 33.5. The highest BCUT2D eigenvalue weighted by molar-refractivity contribution is 7.81. The Morgan fingerprint density at radius 3 is 2.02 bits per heavy atom. The summed E-state index contributed by atoms with van der Waals surface area (Å²) in [5.41, 5.74) is -0.193. The molecule has 0 aromatic rings. The second kappa shape index (κ2) is 12.2. The minimum Gasteiger partial charge on any atom is -0.264 e. The summed E-state index contributed by atoms with van der Waals surface area (Å²) in [7, 11) is -13.7. The van der Waals surface area contributed by atoms with Gasteiger partial charge in [0.25, 0.3) is 0 Å². The Morgan fingerprint density at radius 2 is 1.39 bits per heavy atom. The van der Waals surface area contributed by atoms with Crippen molar-refractivity contribution in [3.63, 3.8) is 0 Å². The third-order valence-corrected chi connectivity index (χ3v) is 12.9. The fraction of sp³-hybridized carbons (Fsp3) is 1.00. The van der Waals surface area contributed by atoms with Crippen LogP contribution in [0.15, 0.2) is 0 Å². The minimum atomic E-state index is -4.71. The standard InChI is InChI=1S/C26H46O12S3/c1-17(7-5-4-6-14-36-39(27,28)29)20-8-9-21-24-22(11-13-26(20,21)3)25(2)12-10-19(37-40(30,31)32)15-18(25)16-23(24)38-41(33,34)35/h17-24H,4-16H2,1-3H3,(H,27,28,29)(H,30,31,32)(H,33,34,35)/t17-,18+,19-,20-,21+,22+,23+,24+,25+,26-/m1/s1. The zero-order valence-corrected chi connectivity index (χ0v) is 26.5. The van der Waals surface area contributed by atoms with Crippen molar-refractivity contribution in [2.45, 2.75) is 110 Å². The van der Waals surface area contributed by atoms with Gasteiger partial charge < -0.3 is 0 Å². The van der Waals surface area contributed by atoms with Crippen molar-refractivity contribution in [3.8, 4) is 0 Å². The van der Waals surface area contributed by atoms with Gasteiger partial charge in [0.05, 0.1) is 18.8 Å². The van der Waals surface area contributed by atoms with Crippen LogP contribution in [0.3, 0.4) is 0 Å². The summed E-state index contributed by atoms with van der Waals surface area (Å²) in [4.78, 5) is 0. The van der Waals surface area contributed by atoms with Crippen molar-refractivity contribution >= 4 is 31.2 Å². The Bertz CT molecular complexity index is 1250. The van der Waals surface area contributed by atoms with Gasteiger partial charge in [0, 0.05) is 0 Å². The summed E-state index contributed by atoms with van der Waals surface area (Å²) < 4.78 is 111. The Kier molecular flexibility index (Phi) is 9.96. The topological polar surface area (TPSA) is 191 Å². The van der Waals surface area contributed by atoms with Crippen LogP contribution in [-0.2, 0) is 43.7 Å². The molecule has 240 valence electrons. The number of hydrogen-bond acceptors (Lipinski definition) is 9. The van der Waals surface area contributed by atoms with Crippen LogP contribution >= 0.6 is 0 Å². The summed E-state index contributed by atoms with van der Waals surface area (Å²) in [5, 5.41) is 0. The summed E-state index contributed by atoms with van der Waals surface area (Å²) in [6, 6.07) is 0. The first-order valence-corrected chi connectivity index (χ1v) is 18.8. The zero-order chi connectivity index (χ0) is 30.4. The molecular formula is C26H46O12S3. The molecule has 12 nitrogen and oxygen atoms in total. The van der Waals surface area contributed by atoms with E-state index in [0.29, 0.717) is 43.9 Å². The van der Waals surface area contributed by atoms with Crippen LogP contribution in [0.25, 0.3) is 0 Å². The van der Waals surface area contributed by atoms with Crippen molar-refractivity contribution < 1.29 is 51.5 Å². The molecule has 0 bridgehead atoms. The van der Waals surface area contributed by atoms with Gasteiger partial charge in [-0.2, -0.15) is 25.3 Å². The Morgan fingerprint density at radius 1 is 0.756 bits per heavy atom. The molecule has 0 radical (unpaired) electrons. The van der Waals surface area contributed by atoms with E-state index in [1.807, 2.05) is 0 Å². The zero-order valence-electron chi connectivity index (χ0n) is 24.1. The van der Waals surface area contributed by atoms with Gasteiger partial charge in [-0.1, -0.05) is 40.0 Å². The smallest absolute Gasteiger partial charge is 0.264 e. The van der Waals surface area contributed by atoms with Gasteiger partial charge in [0.2, 0.25) is 0 Å². The van der Waals surface area contributed by atoms with Gasteiger partial charge in [-0.15, -0.1) is 0 Å². The maximum absolute atomic E-state index is 12.0. The lowest BCUT2D eigenvalue weighted by Crippen LogP contribution is -2.59. The van der Waals surface area contributed by atoms with Crippen LogP contribution in [0.4, 0.5) is 0 Å². The molecule has 0 spiro atoms. The van der Waals surface area contributed by atoms with Crippen molar-refractivity contribution in [1.29, 1.82) is 0 Å². The monoisotopic (exact) mass is 646 g/mol. The maximum Gasteiger partial charge on any atom is 0.397 e. The predicted molar refractivity (Wildman–Crippen MR) is 149 cm³/mol. The molecule has 0 heterocycles. The van der Waals surface area contributed by atoms with Crippen LogP contribution in [0.2, 0.25) is 0 Å². The molecule has 3 N–H and O–H groups in total. The van der Waals surface area contributed by atoms with Crippen molar-refractivity contribution in [2.75, 3.05) is 6.61 Å². The lowest BCUT2D eigenvalue weighted by Gasteiger charge is -2.62. The Labute approximate surface area is 245 Å². The van der Waals surface area contributed by atoms with Gasteiger partial charge in [0.1, 0.15) is 0 Å². The molecule has 4 aliphatic rings. The summed E-state index contributed by atoms with van der Waals surface area (Å²) >= 11 is 0. The number of unbranched alkanes of at least 4 members (excludes halogenated alkanes) is 2. The van der Waals surface area contributed by atoms with E-state index in [1.54, 1.807) is 0 Å². The second-order valence-corrected chi connectivity index (χ2v) is 16.7. The van der Waals surface area contributed by atoms with E-state index < -0.39 is 43.4 Å². The fourth-order valence-corrected chi connectivity index (χ4v) is 11.1. The number of rotatable bonds is 12. The van der Waals surface area contributed by atoms with E-state index in [0.717, 1.165) is 44.9 Å². The lowest BCUT2D eigenvalue weighted by molar-refractivity contribution is -0.166. The molecule has 0 amide bonds. The first-order valence-electron chi connectivity index (χ1n) is 14.8. The largest absolute Gasteiger partial charge is 0.397 e. The predicted octanol–water partition coefficient (Wildman–Crippen LogP) is 4.65. The molecule has 0 saturated heterocycles. The van der Waals surface area contributed by atoms with Crippen molar-refractivity contribution in [3.05, 3.63) is 0 Å². The highest BCUT2D eigenvalue weighted by Gasteiger charge is 2.64. The molecule has 0 unspecified atom stereocenters. The van der Waals surface area contributed by atoms with Crippen molar-refractivity contribution in [1.82, 2.24) is 0 Å². The van der Waals surface area contributed by atoms with Crippen molar-refractivity contribution in [2.24, 2.45) is 46.3 Å². The maximum atomic E-state index is 12.0. The van der Waals surface area contributed by atoms with Crippen LogP contribution in [0.5, 0.6) is 0 Å². The number of fused-ring (bicyclic) bond motifs is 5. The van der Waals surface area contributed by atoms with Crippen LogP contribution in [0.1, 0.15) is 97.8 Å². The molecule has 4 fully saturated rings. The van der Waals surface area contributed by atoms with E-state index in [1.165, 1.54) is 0 Å². The molecule has 15 heteroatoms. The van der Waals surface area contributed by atoms with Crippen LogP contribution < -0.4 is 0 Å². The normalized spacial score (nSPS) is 40.4. The fourth-order valence-electron chi connectivity index (χ4n) is 9.76. The Balaban J connectivity index is 1.48. The Hall–Kier alpha value is -0.390. The highest BCUT2D eigenvalue weighted by Crippen LogP contribution is 2.69. The van der Waals surface area contributed by atoms with Gasteiger partial charge in [0.15, 0.2) is 0 Å². The molecule has 41 heavy (non-hydrogen) atoms. The van der Waals surface area contributed by atoms with E-state index in [4.69, 9.17) is 12.9 Å². The van der Waals surface area contributed by atoms with E-state index in [9.17, 15) is 34.4 Å². The van der Waals surface area contributed by atoms with E-state index in [2.05, 4.69) is 25.0 Å². The molecule has 0 aromatic heterocycles. The van der Waals surface area contributed by atoms with E-state index >= 15 is 0 Å². The summed E-state index contributed by atoms with van der Waals surface area (Å²) in [5.74, 6) is 1.05. The van der Waals surface area contributed by atoms with Crippen LogP contribution in [-0.4, -0.2) is 57.7 Å². The summed E-state index contributed by atoms with van der Waals surface area (Å²) in [6.45, 7) is 6.74. The minimum absolute atomic E-state index is 0.0238. The van der Waals surface area contributed by atoms with Gasteiger partial charge in [-0.25, -0.2) is 12.5 Å². The molecule has 4 aliphatic carbocycles. The lowest BCUT2D eigenvalue weighted by atomic mass is 9.43. The van der Waals surface area contributed by atoms with Crippen LogP contribution in [0, 0.1) is 46.3 Å². The van der Waals surface area contributed by atoms with Gasteiger partial charge >= 0.3 is 31.2 Å². The van der Waals surface area contributed by atoms with Gasteiger partial charge in [-0.05, 0) is 104 Å². The van der Waals surface area contributed by atoms with E-state index in [-0.39, 0.29) is 41.1 Å². The molecule has 0 aliphatic heterocycles. The summed E-state index contributed by atoms with van der Waals surface area (Å²) in [6.07, 6.45) is 7.51. The molecule has 4 rings (SSSR count). The third-order valence-electron chi connectivity index (χ3n) is 11.4. The van der Waals surface area contributed by atoms with Gasteiger partial charge in [-0.3, -0.25) is 13.7 Å². The second-order valence-electron chi connectivity index (χ2n) is 13.5. The molecular weight excluding hydrogens is 600 g/mol. The average Bonchev–Trinajstić information content (AvgIpc) is 3.16. The number of hydrogen-bond donors (Lipinski definition) is 3. The highest BCUT2D eigenvalue weighted by atomic mass is 32.3.